The number of anilines is 2. The average molecular weight is 955 g/mol. The zero-order valence-corrected chi connectivity index (χ0v) is 39.8. The van der Waals surface area contributed by atoms with Crippen molar-refractivity contribution in [3.8, 4) is 11.5 Å². The van der Waals surface area contributed by atoms with Crippen LogP contribution in [0.15, 0.2) is 183 Å². The van der Waals surface area contributed by atoms with Crippen LogP contribution in [0.4, 0.5) is 16.2 Å². The molecule has 7 N–H and O–H groups in total. The van der Waals surface area contributed by atoms with Crippen LogP contribution in [0, 0.1) is 0 Å². The Hall–Kier alpha value is -8.17. The SMILES string of the molecule is CC(C)(C)OC(=O)NCC(C(=O)Nc1ccc2cnccc2c1)c1ccc(OCC(O)c2ccccc2)cc1.NCC(C(=O)Nc1ccc2cnccc2c1)c1ccc(OCC(O)c2ccccc2)cc1. The van der Waals surface area contributed by atoms with Gasteiger partial charge in [-0.05, 0) is 114 Å². The molecule has 14 heteroatoms. The number of fused-ring (bicyclic) bond motifs is 2. The summed E-state index contributed by atoms with van der Waals surface area (Å²) in [7, 11) is 0. The molecule has 0 fully saturated rings. The average Bonchev–Trinajstić information content (AvgIpc) is 3.38. The molecule has 4 atom stereocenters. The van der Waals surface area contributed by atoms with Crippen LogP contribution in [0.2, 0.25) is 0 Å². The monoisotopic (exact) mass is 954 g/mol. The molecule has 364 valence electrons. The van der Waals surface area contributed by atoms with Crippen LogP contribution in [0.25, 0.3) is 21.5 Å². The van der Waals surface area contributed by atoms with Gasteiger partial charge in [0.2, 0.25) is 11.8 Å². The summed E-state index contributed by atoms with van der Waals surface area (Å²) in [6, 6.07) is 47.9. The number of nitrogens with two attached hydrogens (primary N) is 1. The Bertz CT molecular complexity index is 2990. The predicted molar refractivity (Wildman–Crippen MR) is 276 cm³/mol. The lowest BCUT2D eigenvalue weighted by molar-refractivity contribution is -0.118. The molecule has 3 amide bonds. The second-order valence-electron chi connectivity index (χ2n) is 17.7. The molecule has 0 spiro atoms. The van der Waals surface area contributed by atoms with Crippen molar-refractivity contribution in [2.45, 2.75) is 50.4 Å². The van der Waals surface area contributed by atoms with Crippen molar-refractivity contribution in [2.24, 2.45) is 5.73 Å². The van der Waals surface area contributed by atoms with E-state index in [9.17, 15) is 24.6 Å². The molecule has 2 aromatic heterocycles. The molecular formula is C57H58N6O8. The van der Waals surface area contributed by atoms with E-state index in [-0.39, 0.29) is 38.1 Å². The minimum Gasteiger partial charge on any atom is -0.491 e. The summed E-state index contributed by atoms with van der Waals surface area (Å²) >= 11 is 0. The molecule has 0 saturated heterocycles. The number of hydrogen-bond acceptors (Lipinski definition) is 11. The van der Waals surface area contributed by atoms with Crippen LogP contribution in [0.5, 0.6) is 11.5 Å². The van der Waals surface area contributed by atoms with Crippen LogP contribution < -0.4 is 31.2 Å². The fraction of sp³-hybridized carbons (Fsp3) is 0.211. The predicted octanol–water partition coefficient (Wildman–Crippen LogP) is 9.62. The third-order valence-electron chi connectivity index (χ3n) is 11.3. The molecule has 4 unspecified atom stereocenters. The Kier molecular flexibility index (Phi) is 17.4. The highest BCUT2D eigenvalue weighted by molar-refractivity contribution is 5.99. The van der Waals surface area contributed by atoms with E-state index < -0.39 is 35.7 Å². The number of nitrogens with zero attached hydrogens (tertiary/aromatic N) is 2. The van der Waals surface area contributed by atoms with Gasteiger partial charge in [0.05, 0.1) is 11.8 Å². The molecule has 8 rings (SSSR count). The maximum atomic E-state index is 13.4. The number of amides is 3. The first-order valence-electron chi connectivity index (χ1n) is 23.2. The van der Waals surface area contributed by atoms with Gasteiger partial charge in [-0.25, -0.2) is 4.79 Å². The lowest BCUT2D eigenvalue weighted by Gasteiger charge is -2.22. The second kappa shape index (κ2) is 24.4. The van der Waals surface area contributed by atoms with E-state index in [1.165, 1.54) is 0 Å². The van der Waals surface area contributed by atoms with Gasteiger partial charge in [-0.15, -0.1) is 0 Å². The Labute approximate surface area is 412 Å². The van der Waals surface area contributed by atoms with Crippen molar-refractivity contribution in [1.29, 1.82) is 0 Å². The summed E-state index contributed by atoms with van der Waals surface area (Å²) in [5.74, 6) is -0.484. The summed E-state index contributed by atoms with van der Waals surface area (Å²) in [6.45, 7) is 5.77. The molecule has 71 heavy (non-hydrogen) atoms. The van der Waals surface area contributed by atoms with Crippen molar-refractivity contribution >= 4 is 50.8 Å². The minimum atomic E-state index is -0.764. The highest BCUT2D eigenvalue weighted by Crippen LogP contribution is 2.27. The zero-order chi connectivity index (χ0) is 50.2. The largest absolute Gasteiger partial charge is 0.491 e. The molecule has 8 aromatic rings. The maximum absolute atomic E-state index is 13.4. The first-order valence-corrected chi connectivity index (χ1v) is 23.2. The van der Waals surface area contributed by atoms with E-state index in [1.54, 1.807) is 82.0 Å². The van der Waals surface area contributed by atoms with Gasteiger partial charge >= 0.3 is 6.09 Å². The van der Waals surface area contributed by atoms with E-state index in [1.807, 2.05) is 121 Å². The number of benzene rings is 6. The van der Waals surface area contributed by atoms with Crippen molar-refractivity contribution in [3.05, 3.63) is 205 Å². The first kappa shape index (κ1) is 50.7. The van der Waals surface area contributed by atoms with Gasteiger partial charge in [-0.2, -0.15) is 0 Å². The zero-order valence-electron chi connectivity index (χ0n) is 39.8. The van der Waals surface area contributed by atoms with Gasteiger partial charge in [0.15, 0.2) is 0 Å². The quantitative estimate of drug-likeness (QED) is 0.0507. The number of hydrogen-bond donors (Lipinski definition) is 6. The molecule has 0 radical (unpaired) electrons. The Morgan fingerprint density at radius 3 is 1.42 bits per heavy atom. The van der Waals surface area contributed by atoms with Gasteiger partial charge < -0.3 is 46.1 Å². The van der Waals surface area contributed by atoms with Gasteiger partial charge in [0.1, 0.15) is 42.5 Å². The number of aliphatic hydroxyl groups is 2. The highest BCUT2D eigenvalue weighted by atomic mass is 16.6. The molecule has 0 aliphatic rings. The van der Waals surface area contributed by atoms with Crippen LogP contribution in [0.1, 0.15) is 67.1 Å². The number of carbonyl (C=O) groups is 3. The van der Waals surface area contributed by atoms with Gasteiger partial charge in [0.25, 0.3) is 0 Å². The Morgan fingerprint density at radius 1 is 0.549 bits per heavy atom. The number of aromatic nitrogens is 2. The van der Waals surface area contributed by atoms with Gasteiger partial charge in [0, 0.05) is 60.0 Å². The van der Waals surface area contributed by atoms with Gasteiger partial charge in [-0.1, -0.05) is 97.1 Å². The molecule has 0 aliphatic heterocycles. The smallest absolute Gasteiger partial charge is 0.407 e. The van der Waals surface area contributed by atoms with E-state index in [4.69, 9.17) is 19.9 Å². The van der Waals surface area contributed by atoms with Crippen molar-refractivity contribution in [3.63, 3.8) is 0 Å². The third-order valence-corrected chi connectivity index (χ3v) is 11.3. The molecule has 0 saturated carbocycles. The molecule has 2 heterocycles. The third kappa shape index (κ3) is 14.9. The number of alkyl carbamates (subject to hydrolysis) is 1. The number of ether oxygens (including phenoxy) is 3. The fourth-order valence-corrected chi connectivity index (χ4v) is 7.52. The van der Waals surface area contributed by atoms with Crippen LogP contribution >= 0.6 is 0 Å². The Morgan fingerprint density at radius 2 is 0.986 bits per heavy atom. The van der Waals surface area contributed by atoms with Crippen LogP contribution in [0.3, 0.4) is 0 Å². The molecule has 0 bridgehead atoms. The lowest BCUT2D eigenvalue weighted by atomic mass is 9.97. The van der Waals surface area contributed by atoms with Crippen LogP contribution in [-0.4, -0.2) is 70.0 Å². The number of nitrogens with one attached hydrogen (secondary N) is 3. The summed E-state index contributed by atoms with van der Waals surface area (Å²) < 4.78 is 16.8. The van der Waals surface area contributed by atoms with Gasteiger partial charge in [-0.3, -0.25) is 19.6 Å². The minimum absolute atomic E-state index is 0.0329. The summed E-state index contributed by atoms with van der Waals surface area (Å²) in [5.41, 5.74) is 9.65. The summed E-state index contributed by atoms with van der Waals surface area (Å²) in [6.07, 6.45) is 4.89. The molecule has 6 aromatic carbocycles. The number of pyridine rings is 2. The van der Waals surface area contributed by atoms with Crippen molar-refractivity contribution in [1.82, 2.24) is 15.3 Å². The Balaban J connectivity index is 0.000000213. The summed E-state index contributed by atoms with van der Waals surface area (Å²) in [5, 5.41) is 33.2. The van der Waals surface area contributed by atoms with Crippen LogP contribution in [-0.2, 0) is 14.3 Å². The standard InChI is InChI=1S/C31H33N3O5.C26H25N3O3/c1-31(2,3)39-30(37)33-19-27(29(36)34-25-12-9-24-18-32-16-15-23(24)17-25)21-10-13-26(14-11-21)38-20-28(35)22-7-5-4-6-8-22;27-15-24(26(31)29-22-9-6-21-16-28-13-12-20(21)14-22)18-7-10-23(11-8-18)32-17-25(30)19-4-2-1-3-5-19/h4-18,27-28,35H,19-20H2,1-3H3,(H,33,37)(H,34,36);1-14,16,24-25,30H,15,17,27H2,(H,29,31). The highest BCUT2D eigenvalue weighted by Gasteiger charge is 2.25. The number of rotatable bonds is 17. The second-order valence-corrected chi connectivity index (χ2v) is 17.7. The van der Waals surface area contributed by atoms with Crippen molar-refractivity contribution < 1.29 is 38.8 Å². The number of carbonyl (C=O) groups excluding carboxylic acids is 3. The normalized spacial score (nSPS) is 12.8. The van der Waals surface area contributed by atoms with E-state index in [0.29, 0.717) is 28.4 Å². The maximum Gasteiger partial charge on any atom is 0.407 e. The molecular weight excluding hydrogens is 897 g/mol. The van der Waals surface area contributed by atoms with E-state index in [0.717, 1.165) is 38.2 Å². The topological polar surface area (TPSA) is 207 Å². The first-order chi connectivity index (χ1) is 34.3. The molecule has 14 nitrogen and oxygen atoms in total. The fourth-order valence-electron chi connectivity index (χ4n) is 7.52. The summed E-state index contributed by atoms with van der Waals surface area (Å²) in [4.78, 5) is 46.8. The van der Waals surface area contributed by atoms with E-state index >= 15 is 0 Å². The molecule has 0 aliphatic carbocycles. The lowest BCUT2D eigenvalue weighted by Crippen LogP contribution is -2.37. The van der Waals surface area contributed by atoms with E-state index in [2.05, 4.69) is 25.9 Å². The van der Waals surface area contributed by atoms with Crippen molar-refractivity contribution in [2.75, 3.05) is 36.9 Å². The number of aliphatic hydroxyl groups excluding tert-OH is 2.